The summed E-state index contributed by atoms with van der Waals surface area (Å²) in [4.78, 5) is 68.5. The SMILES string of the molecule is O=C(CCN1C(=O)[C@H]2CC=CC[C@@H]2C1=O)NNC(=O)c1ccc2c(=O)n3c(nc2c1)CCCCC3. The van der Waals surface area contributed by atoms with Gasteiger partial charge in [-0.1, -0.05) is 18.6 Å². The molecule has 1 aromatic heterocycles. The highest BCUT2D eigenvalue weighted by molar-refractivity contribution is 6.05. The maximum absolute atomic E-state index is 12.8. The number of benzene rings is 1. The third-order valence-corrected chi connectivity index (χ3v) is 7.06. The predicted molar refractivity (Wildman–Crippen MR) is 126 cm³/mol. The highest BCUT2D eigenvalue weighted by Gasteiger charge is 2.46. The Balaban J connectivity index is 1.19. The van der Waals surface area contributed by atoms with Crippen LogP contribution in [0.1, 0.15) is 54.7 Å². The molecule has 2 atom stereocenters. The monoisotopic (exact) mass is 477 g/mol. The molecule has 3 heterocycles. The summed E-state index contributed by atoms with van der Waals surface area (Å²) in [5, 5.41) is 0.451. The number of likely N-dealkylation sites (tertiary alicyclic amines) is 1. The van der Waals surface area contributed by atoms with Gasteiger partial charge in [-0.2, -0.15) is 0 Å². The first-order valence-electron chi connectivity index (χ1n) is 12.1. The lowest BCUT2D eigenvalue weighted by Gasteiger charge is -2.14. The topological polar surface area (TPSA) is 130 Å². The number of imide groups is 1. The number of hydrazine groups is 1. The summed E-state index contributed by atoms with van der Waals surface area (Å²) < 4.78 is 1.72. The molecule has 1 fully saturated rings. The fourth-order valence-electron chi connectivity index (χ4n) is 5.12. The van der Waals surface area contributed by atoms with Crippen molar-refractivity contribution in [2.24, 2.45) is 11.8 Å². The Kier molecular flexibility index (Phi) is 6.19. The van der Waals surface area contributed by atoms with Gasteiger partial charge in [-0.15, -0.1) is 0 Å². The molecule has 1 aliphatic carbocycles. The number of hydrogen-bond donors (Lipinski definition) is 2. The maximum Gasteiger partial charge on any atom is 0.269 e. The first-order chi connectivity index (χ1) is 16.9. The molecule has 35 heavy (non-hydrogen) atoms. The minimum Gasteiger partial charge on any atom is -0.296 e. The molecular formula is C25H27N5O5. The Labute approximate surface area is 201 Å². The molecule has 1 aromatic carbocycles. The van der Waals surface area contributed by atoms with Crippen molar-refractivity contribution in [1.82, 2.24) is 25.3 Å². The molecule has 2 N–H and O–H groups in total. The summed E-state index contributed by atoms with van der Waals surface area (Å²) in [6, 6.07) is 4.65. The molecule has 182 valence electrons. The van der Waals surface area contributed by atoms with Gasteiger partial charge in [0.2, 0.25) is 17.7 Å². The predicted octanol–water partition coefficient (Wildman–Crippen LogP) is 1.23. The molecule has 3 aliphatic rings. The van der Waals surface area contributed by atoms with Crippen molar-refractivity contribution in [2.75, 3.05) is 6.54 Å². The van der Waals surface area contributed by atoms with Crippen LogP contribution in [-0.4, -0.2) is 44.6 Å². The molecule has 0 saturated carbocycles. The van der Waals surface area contributed by atoms with Gasteiger partial charge in [-0.05, 0) is 43.9 Å². The molecule has 0 bridgehead atoms. The van der Waals surface area contributed by atoms with Crippen LogP contribution in [0.4, 0.5) is 0 Å². The summed E-state index contributed by atoms with van der Waals surface area (Å²) in [5.41, 5.74) is 5.28. The van der Waals surface area contributed by atoms with E-state index in [0.717, 1.165) is 36.4 Å². The van der Waals surface area contributed by atoms with Gasteiger partial charge in [0.1, 0.15) is 5.82 Å². The van der Waals surface area contributed by atoms with E-state index in [1.54, 1.807) is 16.7 Å². The van der Waals surface area contributed by atoms with Crippen LogP contribution < -0.4 is 16.4 Å². The van der Waals surface area contributed by atoms with Crippen molar-refractivity contribution in [3.05, 3.63) is 52.1 Å². The van der Waals surface area contributed by atoms with Gasteiger partial charge in [-0.3, -0.25) is 44.3 Å². The van der Waals surface area contributed by atoms with Crippen LogP contribution in [0.15, 0.2) is 35.1 Å². The van der Waals surface area contributed by atoms with E-state index in [4.69, 9.17) is 0 Å². The molecule has 1 saturated heterocycles. The second kappa shape index (κ2) is 9.44. The van der Waals surface area contributed by atoms with Crippen molar-refractivity contribution in [2.45, 2.75) is 51.5 Å². The van der Waals surface area contributed by atoms with Crippen LogP contribution in [0.3, 0.4) is 0 Å². The van der Waals surface area contributed by atoms with Crippen molar-refractivity contribution in [1.29, 1.82) is 0 Å². The van der Waals surface area contributed by atoms with Gasteiger partial charge >= 0.3 is 0 Å². The summed E-state index contributed by atoms with van der Waals surface area (Å²) in [6.07, 6.45) is 8.47. The lowest BCUT2D eigenvalue weighted by atomic mass is 9.85. The van der Waals surface area contributed by atoms with Crippen LogP contribution >= 0.6 is 0 Å². The molecule has 5 rings (SSSR count). The van der Waals surface area contributed by atoms with Crippen LogP contribution in [0.5, 0.6) is 0 Å². The third kappa shape index (κ3) is 4.36. The fraction of sp³-hybridized carbons (Fsp3) is 0.440. The van der Waals surface area contributed by atoms with Crippen LogP contribution in [0, 0.1) is 11.8 Å². The molecule has 2 aromatic rings. The van der Waals surface area contributed by atoms with E-state index in [9.17, 15) is 24.0 Å². The van der Waals surface area contributed by atoms with E-state index >= 15 is 0 Å². The van der Waals surface area contributed by atoms with Crippen molar-refractivity contribution >= 4 is 34.5 Å². The molecule has 0 spiro atoms. The highest BCUT2D eigenvalue weighted by atomic mass is 16.2. The normalized spacial score (nSPS) is 21.4. The second-order valence-corrected chi connectivity index (χ2v) is 9.26. The molecular weight excluding hydrogens is 450 g/mol. The number of hydrogen-bond acceptors (Lipinski definition) is 6. The van der Waals surface area contributed by atoms with E-state index < -0.39 is 11.8 Å². The smallest absolute Gasteiger partial charge is 0.269 e. The number of allylic oxidation sites excluding steroid dienone is 2. The van der Waals surface area contributed by atoms with Gasteiger partial charge in [0.05, 0.1) is 22.7 Å². The molecule has 10 heteroatoms. The van der Waals surface area contributed by atoms with Crippen molar-refractivity contribution in [3.8, 4) is 0 Å². The first kappa shape index (κ1) is 22.9. The number of aromatic nitrogens is 2. The van der Waals surface area contributed by atoms with Crippen molar-refractivity contribution in [3.63, 3.8) is 0 Å². The van der Waals surface area contributed by atoms with E-state index in [1.807, 2.05) is 12.2 Å². The van der Waals surface area contributed by atoms with Gasteiger partial charge in [0.25, 0.3) is 11.5 Å². The molecule has 10 nitrogen and oxygen atoms in total. The Morgan fingerprint density at radius 2 is 1.71 bits per heavy atom. The standard InChI is InChI=1S/C25H27N5O5/c31-21(11-13-30-23(33)16-6-3-4-7-17(16)24(30)34)27-28-22(32)15-9-10-18-19(14-15)26-20-8-2-1-5-12-29(20)25(18)35/h3-4,9-10,14,16-17H,1-2,5-8,11-13H2,(H,27,31)(H,28,32)/t16-,17-/m0/s1. The zero-order valence-electron chi connectivity index (χ0n) is 19.3. The third-order valence-electron chi connectivity index (χ3n) is 7.06. The van der Waals surface area contributed by atoms with Crippen LogP contribution in [0.25, 0.3) is 10.9 Å². The average molecular weight is 478 g/mol. The van der Waals surface area contributed by atoms with E-state index in [2.05, 4.69) is 15.8 Å². The number of rotatable bonds is 4. The quantitative estimate of drug-likeness (QED) is 0.387. The number of nitrogens with one attached hydrogen (secondary N) is 2. The van der Waals surface area contributed by atoms with Gasteiger partial charge in [0.15, 0.2) is 0 Å². The minimum absolute atomic E-state index is 0.0265. The van der Waals surface area contributed by atoms with Crippen molar-refractivity contribution < 1.29 is 19.2 Å². The van der Waals surface area contributed by atoms with E-state index in [1.165, 1.54) is 6.07 Å². The number of amides is 4. The lowest BCUT2D eigenvalue weighted by Crippen LogP contribution is -2.43. The van der Waals surface area contributed by atoms with Gasteiger partial charge < -0.3 is 0 Å². The maximum atomic E-state index is 12.8. The second-order valence-electron chi connectivity index (χ2n) is 9.26. The zero-order chi connectivity index (χ0) is 24.5. The number of carbonyl (C=O) groups excluding carboxylic acids is 4. The largest absolute Gasteiger partial charge is 0.296 e. The number of aryl methyl sites for hydroxylation is 1. The summed E-state index contributed by atoms with van der Waals surface area (Å²) >= 11 is 0. The summed E-state index contributed by atoms with van der Waals surface area (Å²) in [5.74, 6) is -1.48. The minimum atomic E-state index is -0.553. The molecule has 0 radical (unpaired) electrons. The lowest BCUT2D eigenvalue weighted by molar-refractivity contribution is -0.140. The Hall–Kier alpha value is -3.82. The summed E-state index contributed by atoms with van der Waals surface area (Å²) in [7, 11) is 0. The Morgan fingerprint density at radius 3 is 2.46 bits per heavy atom. The van der Waals surface area contributed by atoms with Crippen LogP contribution in [0.2, 0.25) is 0 Å². The van der Waals surface area contributed by atoms with Gasteiger partial charge in [0, 0.05) is 31.5 Å². The number of fused-ring (bicyclic) bond motifs is 3. The van der Waals surface area contributed by atoms with E-state index in [0.29, 0.717) is 30.3 Å². The first-order valence-corrected chi connectivity index (χ1v) is 12.1. The highest BCUT2D eigenvalue weighted by Crippen LogP contribution is 2.34. The Bertz CT molecular complexity index is 1290. The zero-order valence-corrected chi connectivity index (χ0v) is 19.3. The fourth-order valence-corrected chi connectivity index (χ4v) is 5.12. The number of carbonyl (C=O) groups is 4. The number of nitrogens with zero attached hydrogens (tertiary/aromatic N) is 3. The molecule has 4 amide bonds. The molecule has 2 aliphatic heterocycles. The average Bonchev–Trinajstić information content (AvgIpc) is 3.00. The van der Waals surface area contributed by atoms with E-state index in [-0.39, 0.29) is 47.7 Å². The van der Waals surface area contributed by atoms with Gasteiger partial charge in [-0.25, -0.2) is 4.98 Å². The van der Waals surface area contributed by atoms with Crippen LogP contribution in [-0.2, 0) is 27.3 Å². The Morgan fingerprint density at radius 1 is 0.971 bits per heavy atom. The summed E-state index contributed by atoms with van der Waals surface area (Å²) in [6.45, 7) is 0.625. The molecule has 0 unspecified atom stereocenters.